The van der Waals surface area contributed by atoms with Crippen LogP contribution in [0.15, 0.2) is 50.0 Å². The fraction of sp³-hybridized carbons (Fsp3) is 0.565. The fourth-order valence-corrected chi connectivity index (χ4v) is 5.43. The van der Waals surface area contributed by atoms with Crippen molar-refractivity contribution < 1.29 is 9.18 Å². The van der Waals surface area contributed by atoms with E-state index in [2.05, 4.69) is 15.5 Å². The van der Waals surface area contributed by atoms with Gasteiger partial charge in [-0.2, -0.15) is 0 Å². The number of guanidine groups is 1. The van der Waals surface area contributed by atoms with E-state index in [1.807, 2.05) is 13.1 Å². The van der Waals surface area contributed by atoms with Gasteiger partial charge >= 0.3 is 0 Å². The summed E-state index contributed by atoms with van der Waals surface area (Å²) in [6, 6.07) is 0.535. The highest BCUT2D eigenvalue weighted by Crippen LogP contribution is 2.35. The van der Waals surface area contributed by atoms with E-state index < -0.39 is 5.83 Å². The number of amides is 1. The third kappa shape index (κ3) is 4.35. The molecule has 5 rings (SSSR count). The molecule has 1 atom stereocenters. The minimum absolute atomic E-state index is 0.101. The fourth-order valence-electron chi connectivity index (χ4n) is 4.86. The standard InChI is InChI=1S/C23H28Cl2FN5O/c1-30-20-12-18(26)15(22(32)27-13-7-9-31(10-8-13)14-5-6-14)11-19(20)28-23(30)29-21-16(24)3-2-4-17(21)25/h3,12-14,19H,2,4-11H2,1H3,(H,27,32)(H,28,29). The van der Waals surface area contributed by atoms with E-state index >= 15 is 0 Å². The average molecular weight is 480 g/mol. The van der Waals surface area contributed by atoms with Gasteiger partial charge in [-0.05, 0) is 44.6 Å². The first-order chi connectivity index (χ1) is 15.4. The van der Waals surface area contributed by atoms with Crippen LogP contribution in [0.5, 0.6) is 0 Å². The number of likely N-dealkylation sites (N-methyl/N-ethyl adjacent to an activating group) is 1. The summed E-state index contributed by atoms with van der Waals surface area (Å²) in [5.74, 6) is -0.254. The van der Waals surface area contributed by atoms with Crippen molar-refractivity contribution >= 4 is 35.1 Å². The summed E-state index contributed by atoms with van der Waals surface area (Å²) in [5.41, 5.74) is 1.52. The number of halogens is 3. The number of likely N-dealkylation sites (tertiary alicyclic amines) is 1. The minimum Gasteiger partial charge on any atom is -0.349 e. The monoisotopic (exact) mass is 479 g/mol. The zero-order valence-electron chi connectivity index (χ0n) is 18.1. The Bertz CT molecular complexity index is 973. The van der Waals surface area contributed by atoms with Crippen LogP contribution in [0, 0.1) is 0 Å². The third-order valence-electron chi connectivity index (χ3n) is 6.92. The number of nitrogens with zero attached hydrogens (tertiary/aromatic N) is 3. The molecule has 1 unspecified atom stereocenters. The number of piperidine rings is 1. The SMILES string of the molecule is CN1C2=CC(F)=C(C(=O)NC3CCN(C4CC4)CC3)CC2N=C1NC1=C(Cl)CCC=C1Cl. The lowest BCUT2D eigenvalue weighted by molar-refractivity contribution is -0.118. The normalized spacial score (nSPS) is 27.2. The maximum atomic E-state index is 14.9. The number of nitrogens with one attached hydrogen (secondary N) is 2. The highest BCUT2D eigenvalue weighted by Gasteiger charge is 2.37. The summed E-state index contributed by atoms with van der Waals surface area (Å²) in [5, 5.41) is 7.46. The molecule has 3 aliphatic carbocycles. The first-order valence-corrected chi connectivity index (χ1v) is 12.1. The summed E-state index contributed by atoms with van der Waals surface area (Å²) in [6.45, 7) is 2.01. The minimum atomic E-state index is -0.486. The predicted molar refractivity (Wildman–Crippen MR) is 125 cm³/mol. The number of fused-ring (bicyclic) bond motifs is 1. The Morgan fingerprint density at radius 3 is 2.66 bits per heavy atom. The lowest BCUT2D eigenvalue weighted by Crippen LogP contribution is -2.46. The second-order valence-electron chi connectivity index (χ2n) is 9.14. The maximum Gasteiger partial charge on any atom is 0.250 e. The van der Waals surface area contributed by atoms with Crippen LogP contribution in [0.4, 0.5) is 4.39 Å². The molecule has 1 amide bonds. The second kappa shape index (κ2) is 8.84. The third-order valence-corrected chi connectivity index (χ3v) is 7.64. The van der Waals surface area contributed by atoms with Gasteiger partial charge in [0.05, 0.1) is 22.3 Å². The van der Waals surface area contributed by atoms with Crippen LogP contribution < -0.4 is 10.6 Å². The molecule has 9 heteroatoms. The van der Waals surface area contributed by atoms with Gasteiger partial charge in [0.1, 0.15) is 5.83 Å². The molecule has 0 aromatic rings. The number of hydrogen-bond acceptors (Lipinski definition) is 5. The summed E-state index contributed by atoms with van der Waals surface area (Å²) in [7, 11) is 1.82. The molecule has 6 nitrogen and oxygen atoms in total. The van der Waals surface area contributed by atoms with Gasteiger partial charge in [0.25, 0.3) is 0 Å². The Labute approximate surface area is 197 Å². The van der Waals surface area contributed by atoms with Crippen LogP contribution >= 0.6 is 23.2 Å². The van der Waals surface area contributed by atoms with Gasteiger partial charge < -0.3 is 20.4 Å². The Hall–Kier alpha value is -1.83. The number of carbonyl (C=O) groups is 1. The van der Waals surface area contributed by atoms with Crippen molar-refractivity contribution in [1.82, 2.24) is 20.4 Å². The molecule has 0 aromatic carbocycles. The van der Waals surface area contributed by atoms with Crippen molar-refractivity contribution in [3.63, 3.8) is 0 Å². The van der Waals surface area contributed by atoms with Gasteiger partial charge in [-0.25, -0.2) is 9.38 Å². The molecule has 32 heavy (non-hydrogen) atoms. The van der Waals surface area contributed by atoms with Crippen molar-refractivity contribution in [3.8, 4) is 0 Å². The lowest BCUT2D eigenvalue weighted by Gasteiger charge is -2.32. The lowest BCUT2D eigenvalue weighted by atomic mass is 9.95. The Morgan fingerprint density at radius 2 is 1.97 bits per heavy atom. The molecule has 2 heterocycles. The van der Waals surface area contributed by atoms with Crippen LogP contribution in [-0.4, -0.2) is 59.9 Å². The molecule has 0 bridgehead atoms. The molecule has 1 saturated heterocycles. The number of rotatable bonds is 4. The Kier molecular flexibility index (Phi) is 6.07. The van der Waals surface area contributed by atoms with Crippen molar-refractivity contribution in [2.45, 2.75) is 63.1 Å². The van der Waals surface area contributed by atoms with Crippen LogP contribution in [-0.2, 0) is 4.79 Å². The molecule has 0 spiro atoms. The molecule has 2 fully saturated rings. The van der Waals surface area contributed by atoms with E-state index in [9.17, 15) is 9.18 Å². The van der Waals surface area contributed by atoms with Gasteiger partial charge in [-0.3, -0.25) is 4.79 Å². The number of allylic oxidation sites excluding steroid dienone is 5. The Balaban J connectivity index is 1.24. The van der Waals surface area contributed by atoms with E-state index in [1.165, 1.54) is 18.9 Å². The second-order valence-corrected chi connectivity index (χ2v) is 10.0. The van der Waals surface area contributed by atoms with Crippen LogP contribution in [0.1, 0.15) is 44.9 Å². The van der Waals surface area contributed by atoms with E-state index in [-0.39, 0.29) is 30.0 Å². The molecule has 172 valence electrons. The van der Waals surface area contributed by atoms with Crippen molar-refractivity contribution in [3.05, 3.63) is 45.0 Å². The van der Waals surface area contributed by atoms with Gasteiger partial charge in [-0.1, -0.05) is 29.3 Å². The van der Waals surface area contributed by atoms with E-state index in [0.29, 0.717) is 33.8 Å². The van der Waals surface area contributed by atoms with Crippen LogP contribution in [0.2, 0.25) is 0 Å². The quantitative estimate of drug-likeness (QED) is 0.642. The first-order valence-electron chi connectivity index (χ1n) is 11.4. The first kappa shape index (κ1) is 22.0. The highest BCUT2D eigenvalue weighted by molar-refractivity contribution is 6.36. The van der Waals surface area contributed by atoms with Crippen molar-refractivity contribution in [1.29, 1.82) is 0 Å². The van der Waals surface area contributed by atoms with Gasteiger partial charge in [0.15, 0.2) is 0 Å². The molecule has 2 aliphatic heterocycles. The number of carbonyl (C=O) groups excluding carboxylic acids is 1. The van der Waals surface area contributed by atoms with E-state index in [1.54, 1.807) is 4.90 Å². The smallest absolute Gasteiger partial charge is 0.250 e. The predicted octanol–water partition coefficient (Wildman–Crippen LogP) is 3.87. The summed E-state index contributed by atoms with van der Waals surface area (Å²) >= 11 is 12.7. The van der Waals surface area contributed by atoms with Crippen molar-refractivity contribution in [2.24, 2.45) is 4.99 Å². The molecular formula is C23H28Cl2FN5O. The summed E-state index contributed by atoms with van der Waals surface area (Å²) in [4.78, 5) is 21.9. The number of aliphatic imine (C=N–C) groups is 1. The summed E-state index contributed by atoms with van der Waals surface area (Å²) < 4.78 is 14.9. The molecule has 0 radical (unpaired) electrons. The topological polar surface area (TPSA) is 60.0 Å². The molecule has 2 N–H and O–H groups in total. The van der Waals surface area contributed by atoms with E-state index in [4.69, 9.17) is 28.2 Å². The largest absolute Gasteiger partial charge is 0.349 e. The van der Waals surface area contributed by atoms with Gasteiger partial charge in [0, 0.05) is 49.4 Å². The van der Waals surface area contributed by atoms with E-state index in [0.717, 1.165) is 38.4 Å². The Morgan fingerprint density at radius 1 is 1.22 bits per heavy atom. The van der Waals surface area contributed by atoms with Crippen molar-refractivity contribution in [2.75, 3.05) is 20.1 Å². The maximum absolute atomic E-state index is 14.9. The highest BCUT2D eigenvalue weighted by atomic mass is 35.5. The van der Waals surface area contributed by atoms with Crippen LogP contribution in [0.25, 0.3) is 0 Å². The molecular weight excluding hydrogens is 452 g/mol. The van der Waals surface area contributed by atoms with Gasteiger partial charge in [-0.15, -0.1) is 0 Å². The zero-order chi connectivity index (χ0) is 22.4. The van der Waals surface area contributed by atoms with Crippen LogP contribution in [0.3, 0.4) is 0 Å². The zero-order valence-corrected chi connectivity index (χ0v) is 19.6. The number of hydrogen-bond donors (Lipinski definition) is 2. The molecule has 1 saturated carbocycles. The molecule has 0 aromatic heterocycles. The van der Waals surface area contributed by atoms with Gasteiger partial charge in [0.2, 0.25) is 11.9 Å². The summed E-state index contributed by atoms with van der Waals surface area (Å²) in [6.07, 6.45) is 9.50. The molecule has 5 aliphatic rings. The average Bonchev–Trinajstić information content (AvgIpc) is 3.57.